The van der Waals surface area contributed by atoms with Gasteiger partial charge in [-0.2, -0.15) is 9.50 Å². The second-order valence-electron chi connectivity index (χ2n) is 5.90. The van der Waals surface area contributed by atoms with E-state index in [0.29, 0.717) is 17.4 Å². The maximum atomic E-state index is 12.0. The SMILES string of the molecule is CC[C@@H](C)NC(=O)CNc1cc(C)nc2nc(-c3cccnc3)nn12. The van der Waals surface area contributed by atoms with E-state index in [4.69, 9.17) is 0 Å². The molecule has 0 fully saturated rings. The molecule has 3 heterocycles. The van der Waals surface area contributed by atoms with Gasteiger partial charge in [0.25, 0.3) is 5.78 Å². The lowest BCUT2D eigenvalue weighted by atomic mass is 10.2. The van der Waals surface area contributed by atoms with Crippen molar-refractivity contribution in [2.45, 2.75) is 33.2 Å². The van der Waals surface area contributed by atoms with Crippen LogP contribution in [0.2, 0.25) is 0 Å². The molecule has 0 aliphatic heterocycles. The fraction of sp³-hybridized carbons (Fsp3) is 0.353. The van der Waals surface area contributed by atoms with Crippen LogP contribution in [0, 0.1) is 6.92 Å². The van der Waals surface area contributed by atoms with E-state index in [2.05, 4.69) is 30.7 Å². The molecule has 3 aromatic heterocycles. The summed E-state index contributed by atoms with van der Waals surface area (Å²) in [6, 6.07) is 5.71. The van der Waals surface area contributed by atoms with E-state index in [1.165, 1.54) is 0 Å². The highest BCUT2D eigenvalue weighted by atomic mass is 16.2. The maximum absolute atomic E-state index is 12.0. The topological polar surface area (TPSA) is 97.1 Å². The van der Waals surface area contributed by atoms with Crippen molar-refractivity contribution >= 4 is 17.5 Å². The lowest BCUT2D eigenvalue weighted by molar-refractivity contribution is -0.120. The predicted octanol–water partition coefficient (Wildman–Crippen LogP) is 1.82. The molecule has 0 aliphatic carbocycles. The first kappa shape index (κ1) is 16.8. The van der Waals surface area contributed by atoms with Gasteiger partial charge in [0.1, 0.15) is 5.82 Å². The normalized spacial score (nSPS) is 12.1. The average molecular weight is 339 g/mol. The molecule has 0 spiro atoms. The number of aryl methyl sites for hydroxylation is 1. The number of nitrogens with zero attached hydrogens (tertiary/aromatic N) is 5. The molecule has 0 saturated carbocycles. The lowest BCUT2D eigenvalue weighted by Gasteiger charge is -2.12. The summed E-state index contributed by atoms with van der Waals surface area (Å²) in [5, 5.41) is 10.5. The van der Waals surface area contributed by atoms with Crippen LogP contribution in [0.4, 0.5) is 5.82 Å². The summed E-state index contributed by atoms with van der Waals surface area (Å²) in [5.41, 5.74) is 1.61. The number of hydrogen-bond acceptors (Lipinski definition) is 6. The molecule has 25 heavy (non-hydrogen) atoms. The molecule has 1 amide bonds. The average Bonchev–Trinajstić information content (AvgIpc) is 3.04. The molecular weight excluding hydrogens is 318 g/mol. The molecule has 3 aromatic rings. The largest absolute Gasteiger partial charge is 0.361 e. The van der Waals surface area contributed by atoms with Gasteiger partial charge in [-0.3, -0.25) is 9.78 Å². The molecule has 130 valence electrons. The summed E-state index contributed by atoms with van der Waals surface area (Å²) in [4.78, 5) is 24.9. The Bertz CT molecular complexity index is 875. The van der Waals surface area contributed by atoms with E-state index in [0.717, 1.165) is 17.7 Å². The quantitative estimate of drug-likeness (QED) is 0.711. The number of nitrogens with one attached hydrogen (secondary N) is 2. The van der Waals surface area contributed by atoms with Crippen molar-refractivity contribution in [1.82, 2.24) is 29.9 Å². The highest BCUT2D eigenvalue weighted by molar-refractivity contribution is 5.80. The van der Waals surface area contributed by atoms with Gasteiger partial charge in [-0.15, -0.1) is 5.10 Å². The number of aromatic nitrogens is 5. The highest BCUT2D eigenvalue weighted by Crippen LogP contribution is 2.17. The lowest BCUT2D eigenvalue weighted by Crippen LogP contribution is -2.36. The van der Waals surface area contributed by atoms with Crippen LogP contribution in [-0.2, 0) is 4.79 Å². The van der Waals surface area contributed by atoms with Gasteiger partial charge in [-0.05, 0) is 32.4 Å². The molecule has 0 bridgehead atoms. The van der Waals surface area contributed by atoms with Gasteiger partial charge in [0.2, 0.25) is 5.91 Å². The Morgan fingerprint density at radius 2 is 2.20 bits per heavy atom. The third kappa shape index (κ3) is 3.90. The fourth-order valence-electron chi connectivity index (χ4n) is 2.33. The first-order valence-electron chi connectivity index (χ1n) is 8.25. The van der Waals surface area contributed by atoms with Crippen LogP contribution >= 0.6 is 0 Å². The van der Waals surface area contributed by atoms with Gasteiger partial charge in [-0.25, -0.2) is 4.98 Å². The number of carbonyl (C=O) groups is 1. The van der Waals surface area contributed by atoms with Crippen molar-refractivity contribution in [3.63, 3.8) is 0 Å². The zero-order valence-corrected chi connectivity index (χ0v) is 14.5. The zero-order valence-electron chi connectivity index (χ0n) is 14.5. The second-order valence-corrected chi connectivity index (χ2v) is 5.90. The first-order chi connectivity index (χ1) is 12.1. The number of hydrogen-bond donors (Lipinski definition) is 2. The van der Waals surface area contributed by atoms with E-state index >= 15 is 0 Å². The van der Waals surface area contributed by atoms with E-state index in [1.54, 1.807) is 16.9 Å². The number of anilines is 1. The smallest absolute Gasteiger partial charge is 0.254 e. The van der Waals surface area contributed by atoms with Crippen molar-refractivity contribution in [1.29, 1.82) is 0 Å². The van der Waals surface area contributed by atoms with E-state index < -0.39 is 0 Å². The van der Waals surface area contributed by atoms with Crippen LogP contribution in [-0.4, -0.2) is 43.1 Å². The second kappa shape index (κ2) is 7.25. The molecule has 0 unspecified atom stereocenters. The van der Waals surface area contributed by atoms with Crippen LogP contribution in [0.1, 0.15) is 26.0 Å². The molecule has 0 aliphatic rings. The van der Waals surface area contributed by atoms with Gasteiger partial charge in [-0.1, -0.05) is 6.92 Å². The Kier molecular flexibility index (Phi) is 4.87. The van der Waals surface area contributed by atoms with E-state index in [-0.39, 0.29) is 18.5 Å². The minimum Gasteiger partial charge on any atom is -0.361 e. The predicted molar refractivity (Wildman–Crippen MR) is 95.1 cm³/mol. The summed E-state index contributed by atoms with van der Waals surface area (Å²) in [7, 11) is 0. The molecule has 8 heteroatoms. The van der Waals surface area contributed by atoms with Crippen LogP contribution < -0.4 is 10.6 Å². The number of carbonyl (C=O) groups excluding carboxylic acids is 1. The number of fused-ring (bicyclic) bond motifs is 1. The van der Waals surface area contributed by atoms with Crippen molar-refractivity contribution in [3.05, 3.63) is 36.3 Å². The number of rotatable bonds is 6. The summed E-state index contributed by atoms with van der Waals surface area (Å²) in [6.07, 6.45) is 4.29. The first-order valence-corrected chi connectivity index (χ1v) is 8.25. The van der Waals surface area contributed by atoms with Crippen molar-refractivity contribution in [3.8, 4) is 11.4 Å². The minimum atomic E-state index is -0.0652. The fourth-order valence-corrected chi connectivity index (χ4v) is 2.33. The van der Waals surface area contributed by atoms with Gasteiger partial charge >= 0.3 is 0 Å². The Hall–Kier alpha value is -3.03. The van der Waals surface area contributed by atoms with E-state index in [9.17, 15) is 4.79 Å². The van der Waals surface area contributed by atoms with Gasteiger partial charge in [0, 0.05) is 35.8 Å². The van der Waals surface area contributed by atoms with Crippen molar-refractivity contribution < 1.29 is 4.79 Å². The number of pyridine rings is 1. The molecule has 8 nitrogen and oxygen atoms in total. The van der Waals surface area contributed by atoms with Gasteiger partial charge in [0.05, 0.1) is 6.54 Å². The Morgan fingerprint density at radius 3 is 2.92 bits per heavy atom. The molecule has 3 rings (SSSR count). The van der Waals surface area contributed by atoms with E-state index in [1.807, 2.05) is 39.0 Å². The van der Waals surface area contributed by atoms with Gasteiger partial charge < -0.3 is 10.6 Å². The molecular formula is C17H21N7O. The van der Waals surface area contributed by atoms with Crippen LogP contribution in [0.3, 0.4) is 0 Å². The summed E-state index contributed by atoms with van der Waals surface area (Å²) in [5.74, 6) is 1.62. The third-order valence-corrected chi connectivity index (χ3v) is 3.81. The van der Waals surface area contributed by atoms with Crippen LogP contribution in [0.5, 0.6) is 0 Å². The monoisotopic (exact) mass is 339 g/mol. The van der Waals surface area contributed by atoms with Crippen molar-refractivity contribution in [2.24, 2.45) is 0 Å². The highest BCUT2D eigenvalue weighted by Gasteiger charge is 2.13. The Morgan fingerprint density at radius 1 is 1.36 bits per heavy atom. The molecule has 0 radical (unpaired) electrons. The maximum Gasteiger partial charge on any atom is 0.254 e. The molecule has 0 aromatic carbocycles. The number of amides is 1. The molecule has 2 N–H and O–H groups in total. The summed E-state index contributed by atoms with van der Waals surface area (Å²) in [6.45, 7) is 6.04. The Balaban J connectivity index is 1.85. The summed E-state index contributed by atoms with van der Waals surface area (Å²) >= 11 is 0. The zero-order chi connectivity index (χ0) is 17.8. The van der Waals surface area contributed by atoms with Crippen molar-refractivity contribution in [2.75, 3.05) is 11.9 Å². The third-order valence-electron chi connectivity index (χ3n) is 3.81. The standard InChI is InChI=1S/C17H21N7O/c1-4-11(2)20-15(25)10-19-14-8-12(3)21-17-22-16(23-24(14)17)13-6-5-7-18-9-13/h5-9,11,19H,4,10H2,1-3H3,(H,20,25)/t11-/m1/s1. The minimum absolute atomic E-state index is 0.0652. The van der Waals surface area contributed by atoms with Crippen LogP contribution in [0.15, 0.2) is 30.6 Å². The van der Waals surface area contributed by atoms with Crippen LogP contribution in [0.25, 0.3) is 17.2 Å². The molecule has 0 saturated heterocycles. The van der Waals surface area contributed by atoms with Gasteiger partial charge in [0.15, 0.2) is 5.82 Å². The summed E-state index contributed by atoms with van der Waals surface area (Å²) < 4.78 is 1.60. The molecule has 1 atom stereocenters. The Labute approximate surface area is 145 Å².